The summed E-state index contributed by atoms with van der Waals surface area (Å²) in [7, 11) is 0. The molecule has 0 heterocycles. The first kappa shape index (κ1) is 18.6. The van der Waals surface area contributed by atoms with Crippen molar-refractivity contribution in [1.29, 1.82) is 0 Å². The van der Waals surface area contributed by atoms with Gasteiger partial charge in [0.25, 0.3) is 0 Å². The van der Waals surface area contributed by atoms with Crippen molar-refractivity contribution in [1.82, 2.24) is 0 Å². The Morgan fingerprint density at radius 1 is 1.12 bits per heavy atom. The minimum Gasteiger partial charge on any atom is -1.00 e. The maximum absolute atomic E-state index is 12.5. The number of halogens is 4. The Morgan fingerprint density at radius 2 is 1.62 bits per heavy atom. The van der Waals surface area contributed by atoms with Gasteiger partial charge in [0.1, 0.15) is 0 Å². The van der Waals surface area contributed by atoms with Gasteiger partial charge in [-0.1, -0.05) is 31.7 Å². The van der Waals surface area contributed by atoms with Crippen molar-refractivity contribution in [2.75, 3.05) is 0 Å². The third-order valence-corrected chi connectivity index (χ3v) is 1.95. The second-order valence-electron chi connectivity index (χ2n) is 4.21. The predicted molar refractivity (Wildman–Crippen MR) is 54.7 cm³/mol. The summed E-state index contributed by atoms with van der Waals surface area (Å²) in [6.45, 7) is 5.27. The van der Waals surface area contributed by atoms with Gasteiger partial charge in [-0.2, -0.15) is 37.4 Å². The second-order valence-corrected chi connectivity index (χ2v) is 4.21. The van der Waals surface area contributed by atoms with Gasteiger partial charge in [0.05, 0.1) is 0 Å². The van der Waals surface area contributed by atoms with Crippen LogP contribution in [-0.4, -0.2) is 23.1 Å². The van der Waals surface area contributed by atoms with Crippen LogP contribution in [0.15, 0.2) is 18.2 Å². The Morgan fingerprint density at radius 3 is 1.94 bits per heavy atom. The molecule has 0 saturated carbocycles. The van der Waals surface area contributed by atoms with Crippen LogP contribution in [0.25, 0.3) is 0 Å². The minimum atomic E-state index is -4.32. The monoisotopic (exact) mass is 304 g/mol. The molecule has 86 valence electrons. The predicted octanol–water partition coefficient (Wildman–Crippen LogP) is 0.426. The van der Waals surface area contributed by atoms with Gasteiger partial charge in [-0.3, -0.25) is 0 Å². The average molecular weight is 305 g/mol. The van der Waals surface area contributed by atoms with Crippen LogP contribution in [0.2, 0.25) is 0 Å². The van der Waals surface area contributed by atoms with Gasteiger partial charge in [0, 0.05) is 0 Å². The van der Waals surface area contributed by atoms with E-state index in [1.54, 1.807) is 26.8 Å². The van der Waals surface area contributed by atoms with Crippen molar-refractivity contribution in [2.24, 2.45) is 0 Å². The Bertz CT molecular complexity index is 296. The number of hydrogen-bond donors (Lipinski definition) is 0. The zero-order valence-corrected chi connectivity index (χ0v) is 12.5. The summed E-state index contributed by atoms with van der Waals surface area (Å²) in [5.41, 5.74) is -0.886. The molecule has 0 bridgehead atoms. The topological polar surface area (TPSA) is 0 Å². The fraction of sp³-hybridized carbons (Fsp3) is 0.455. The Hall–Kier alpha value is 0.256. The average Bonchev–Trinajstić information content (AvgIpc) is 2.01. The summed E-state index contributed by atoms with van der Waals surface area (Å²) in [5, 5.41) is 0. The first-order chi connectivity index (χ1) is 6.23. The molecule has 1 aromatic carbocycles. The summed E-state index contributed by atoms with van der Waals surface area (Å²) in [5.74, 6) is 0. The van der Waals surface area contributed by atoms with Crippen LogP contribution >= 0.6 is 0 Å². The molecule has 0 atom stereocenters. The molecule has 16 heavy (non-hydrogen) atoms. The number of rotatable bonds is 0. The molecule has 0 saturated heterocycles. The third-order valence-electron chi connectivity index (χ3n) is 1.95. The van der Waals surface area contributed by atoms with Crippen LogP contribution in [-0.2, 0) is 11.6 Å². The van der Waals surface area contributed by atoms with Crippen molar-refractivity contribution in [3.05, 3.63) is 35.4 Å². The smallest absolute Gasteiger partial charge is 1.00 e. The zero-order chi connectivity index (χ0) is 11.0. The van der Waals surface area contributed by atoms with Crippen LogP contribution < -0.4 is 17.0 Å². The molecule has 0 aliphatic heterocycles. The number of hydrogen-bond acceptors (Lipinski definition) is 0. The van der Waals surface area contributed by atoms with E-state index in [9.17, 15) is 13.2 Å². The Kier molecular flexibility index (Phi) is 7.28. The molecule has 0 aromatic heterocycles. The molecule has 0 spiro atoms. The van der Waals surface area contributed by atoms with Crippen LogP contribution in [0.5, 0.6) is 0 Å². The number of alkyl halides is 3. The van der Waals surface area contributed by atoms with Gasteiger partial charge in [-0.25, -0.2) is 0 Å². The molecule has 0 aliphatic carbocycles. The molecular formula is C11H12BrF3Mg. The fourth-order valence-corrected chi connectivity index (χ4v) is 1.30. The van der Waals surface area contributed by atoms with E-state index in [0.29, 0.717) is 0 Å². The van der Waals surface area contributed by atoms with E-state index in [1.165, 1.54) is 12.1 Å². The van der Waals surface area contributed by atoms with Gasteiger partial charge >= 0.3 is 29.2 Å². The van der Waals surface area contributed by atoms with E-state index in [0.717, 1.165) is 0 Å². The van der Waals surface area contributed by atoms with E-state index in [-0.39, 0.29) is 45.6 Å². The molecule has 0 nitrogen and oxygen atoms in total. The molecule has 0 radical (unpaired) electrons. The van der Waals surface area contributed by atoms with Crippen molar-refractivity contribution in [2.45, 2.75) is 32.4 Å². The molecular weight excluding hydrogens is 293 g/mol. The van der Waals surface area contributed by atoms with Crippen LogP contribution in [0.4, 0.5) is 13.2 Å². The van der Waals surface area contributed by atoms with Crippen LogP contribution in [0.1, 0.15) is 31.9 Å². The normalized spacial score (nSPS) is 11.4. The molecule has 5 heteroatoms. The summed E-state index contributed by atoms with van der Waals surface area (Å²) in [6, 6.07) is 6.63. The van der Waals surface area contributed by atoms with Crippen molar-refractivity contribution >= 4 is 23.1 Å². The molecule has 0 N–H and O–H groups in total. The fourth-order valence-electron chi connectivity index (χ4n) is 1.30. The van der Waals surface area contributed by atoms with Gasteiger partial charge in [-0.15, -0.1) is 5.56 Å². The van der Waals surface area contributed by atoms with E-state index < -0.39 is 17.2 Å². The van der Waals surface area contributed by atoms with Gasteiger partial charge in [-0.05, 0) is 0 Å². The summed E-state index contributed by atoms with van der Waals surface area (Å²) in [6.07, 6.45) is -4.32. The summed E-state index contributed by atoms with van der Waals surface area (Å²) < 4.78 is 37.6. The SMILES string of the molecule is CC(C)(C)c1ccc[c-]c1C(F)(F)F.[Br-].[Mg+2]. The first-order valence-electron chi connectivity index (χ1n) is 4.31. The molecule has 1 aromatic rings. The molecule has 0 aliphatic rings. The molecule has 0 amide bonds. The largest absolute Gasteiger partial charge is 2.00 e. The van der Waals surface area contributed by atoms with E-state index in [2.05, 4.69) is 6.07 Å². The minimum absolute atomic E-state index is 0. The maximum atomic E-state index is 12.5. The van der Waals surface area contributed by atoms with Crippen LogP contribution in [0, 0.1) is 6.07 Å². The second kappa shape index (κ2) is 6.26. The standard InChI is InChI=1S/C11H12F3.BrH.Mg/c1-10(2,3)8-6-4-5-7-9(8)11(12,13)14;;/h4-6H,1-3H3;1H;/q-1;;+2/p-1. The van der Waals surface area contributed by atoms with Gasteiger partial charge in [0.15, 0.2) is 0 Å². The van der Waals surface area contributed by atoms with E-state index in [4.69, 9.17) is 0 Å². The van der Waals surface area contributed by atoms with E-state index in [1.807, 2.05) is 0 Å². The summed E-state index contributed by atoms with van der Waals surface area (Å²) in [4.78, 5) is 0. The van der Waals surface area contributed by atoms with Crippen molar-refractivity contribution in [3.8, 4) is 0 Å². The third kappa shape index (κ3) is 4.63. The van der Waals surface area contributed by atoms with Crippen molar-refractivity contribution in [3.63, 3.8) is 0 Å². The zero-order valence-electron chi connectivity index (χ0n) is 9.45. The Labute approximate surface area is 121 Å². The number of benzene rings is 1. The first-order valence-corrected chi connectivity index (χ1v) is 4.31. The van der Waals surface area contributed by atoms with Crippen molar-refractivity contribution < 1.29 is 30.2 Å². The van der Waals surface area contributed by atoms with Gasteiger partial charge in [0.2, 0.25) is 0 Å². The molecule has 0 fully saturated rings. The molecule has 0 unspecified atom stereocenters. The maximum Gasteiger partial charge on any atom is 2.00 e. The molecule has 1 rings (SSSR count). The van der Waals surface area contributed by atoms with Crippen LogP contribution in [0.3, 0.4) is 0 Å². The quantitative estimate of drug-likeness (QED) is 0.482. The van der Waals surface area contributed by atoms with Gasteiger partial charge < -0.3 is 17.0 Å². The summed E-state index contributed by atoms with van der Waals surface area (Å²) >= 11 is 0. The van der Waals surface area contributed by atoms with E-state index >= 15 is 0 Å². The Balaban J connectivity index is 0.